The lowest BCUT2D eigenvalue weighted by molar-refractivity contribution is -0.142. The van der Waals surface area contributed by atoms with Crippen LogP contribution in [-0.4, -0.2) is 55.0 Å². The van der Waals surface area contributed by atoms with Crippen molar-refractivity contribution in [2.75, 3.05) is 13.7 Å². The molecule has 0 aliphatic heterocycles. The smallest absolute Gasteiger partial charge is 0.407 e. The van der Waals surface area contributed by atoms with Gasteiger partial charge in [-0.05, 0) is 42.0 Å². The second-order valence-electron chi connectivity index (χ2n) is 8.94. The fraction of sp³-hybridized carbons (Fsp3) is 0.370. The highest BCUT2D eigenvalue weighted by atomic mass is 16.5. The Morgan fingerprint density at radius 3 is 2.29 bits per heavy atom. The third-order valence-electron chi connectivity index (χ3n) is 6.75. The summed E-state index contributed by atoms with van der Waals surface area (Å²) in [6, 6.07) is 14.6. The molecule has 0 spiro atoms. The summed E-state index contributed by atoms with van der Waals surface area (Å²) in [5, 5.41) is 14.7. The maximum absolute atomic E-state index is 13.0. The number of hydrogen-bond donors (Lipinski definition) is 3. The van der Waals surface area contributed by atoms with Crippen LogP contribution in [0.4, 0.5) is 4.79 Å². The minimum absolute atomic E-state index is 0.0967. The molecule has 4 atom stereocenters. The number of amides is 2. The maximum atomic E-state index is 13.0. The summed E-state index contributed by atoms with van der Waals surface area (Å²) < 4.78 is 10.9. The highest BCUT2D eigenvalue weighted by Crippen LogP contribution is 2.44. The molecule has 35 heavy (non-hydrogen) atoms. The normalized spacial score (nSPS) is 20.3. The van der Waals surface area contributed by atoms with Gasteiger partial charge in [-0.2, -0.15) is 0 Å². The van der Waals surface area contributed by atoms with E-state index in [1.807, 2.05) is 36.4 Å². The monoisotopic (exact) mass is 478 g/mol. The van der Waals surface area contributed by atoms with Gasteiger partial charge in [0.05, 0.1) is 12.0 Å². The van der Waals surface area contributed by atoms with Crippen LogP contribution >= 0.6 is 0 Å². The molecular weight excluding hydrogens is 448 g/mol. The number of carboxylic acid groups (broad SMARTS) is 1. The Bertz CT molecular complexity index is 1080. The fourth-order valence-electron chi connectivity index (χ4n) is 4.77. The van der Waals surface area contributed by atoms with Crippen LogP contribution in [0.2, 0.25) is 0 Å². The van der Waals surface area contributed by atoms with Gasteiger partial charge >= 0.3 is 12.1 Å². The average molecular weight is 479 g/mol. The van der Waals surface area contributed by atoms with E-state index in [0.29, 0.717) is 6.42 Å². The van der Waals surface area contributed by atoms with Crippen LogP contribution in [-0.2, 0) is 19.1 Å². The summed E-state index contributed by atoms with van der Waals surface area (Å²) in [4.78, 5) is 37.0. The van der Waals surface area contributed by atoms with Gasteiger partial charge in [-0.3, -0.25) is 9.59 Å². The van der Waals surface area contributed by atoms with Crippen LogP contribution in [0.3, 0.4) is 0 Å². The molecule has 0 saturated heterocycles. The van der Waals surface area contributed by atoms with Crippen LogP contribution in [0.15, 0.2) is 60.7 Å². The third-order valence-corrected chi connectivity index (χ3v) is 6.75. The molecule has 0 heterocycles. The van der Waals surface area contributed by atoms with Crippen molar-refractivity contribution >= 4 is 18.0 Å². The number of methoxy groups -OCH3 is 1. The van der Waals surface area contributed by atoms with Gasteiger partial charge in [0.1, 0.15) is 12.6 Å². The molecule has 2 aliphatic rings. The van der Waals surface area contributed by atoms with E-state index in [2.05, 4.69) is 22.8 Å². The summed E-state index contributed by atoms with van der Waals surface area (Å²) in [5.74, 6) is -2.01. The van der Waals surface area contributed by atoms with Gasteiger partial charge in [0, 0.05) is 19.1 Å². The number of nitrogens with one attached hydrogen (secondary N) is 2. The largest absolute Gasteiger partial charge is 0.481 e. The van der Waals surface area contributed by atoms with E-state index in [1.54, 1.807) is 19.1 Å². The van der Waals surface area contributed by atoms with Gasteiger partial charge < -0.3 is 25.2 Å². The first-order valence-electron chi connectivity index (χ1n) is 11.7. The number of carboxylic acids is 1. The number of rotatable bonds is 8. The molecule has 8 nitrogen and oxygen atoms in total. The van der Waals surface area contributed by atoms with Crippen LogP contribution < -0.4 is 10.6 Å². The Balaban J connectivity index is 1.40. The maximum Gasteiger partial charge on any atom is 0.407 e. The Labute approximate surface area is 204 Å². The SMILES string of the molecule is CO[C@H](C)[C@H](NC(=O)OCC1c2ccccc2-c2ccccc21)C(=O)N[C@@H]1C=CC[C@@H](C(=O)O)C1. The zero-order valence-corrected chi connectivity index (χ0v) is 19.8. The molecule has 2 aliphatic carbocycles. The minimum Gasteiger partial charge on any atom is -0.481 e. The highest BCUT2D eigenvalue weighted by Gasteiger charge is 2.33. The van der Waals surface area contributed by atoms with Crippen molar-refractivity contribution in [3.05, 3.63) is 71.8 Å². The average Bonchev–Trinajstić information content (AvgIpc) is 3.19. The molecule has 3 N–H and O–H groups in total. The van der Waals surface area contributed by atoms with Gasteiger partial charge in [0.2, 0.25) is 5.91 Å². The number of ether oxygens (including phenoxy) is 2. The molecule has 2 aromatic rings. The zero-order valence-electron chi connectivity index (χ0n) is 19.8. The van der Waals surface area contributed by atoms with E-state index < -0.39 is 42.1 Å². The van der Waals surface area contributed by atoms with Crippen LogP contribution in [0.25, 0.3) is 11.1 Å². The lowest BCUT2D eigenvalue weighted by atomic mass is 9.91. The Kier molecular flexibility index (Phi) is 7.51. The van der Waals surface area contributed by atoms with E-state index in [0.717, 1.165) is 22.3 Å². The van der Waals surface area contributed by atoms with E-state index in [9.17, 15) is 19.5 Å². The molecule has 8 heteroatoms. The number of alkyl carbamates (subject to hydrolysis) is 1. The molecule has 184 valence electrons. The zero-order chi connectivity index (χ0) is 24.9. The van der Waals surface area contributed by atoms with Crippen LogP contribution in [0.5, 0.6) is 0 Å². The van der Waals surface area contributed by atoms with E-state index in [1.165, 1.54) is 7.11 Å². The summed E-state index contributed by atoms with van der Waals surface area (Å²) in [6.07, 6.45) is 2.89. The molecule has 4 rings (SSSR count). The molecule has 0 fully saturated rings. The van der Waals surface area contributed by atoms with Crippen molar-refractivity contribution in [1.82, 2.24) is 10.6 Å². The van der Waals surface area contributed by atoms with Gasteiger partial charge in [-0.25, -0.2) is 4.79 Å². The molecule has 0 aromatic heterocycles. The van der Waals surface area contributed by atoms with Crippen molar-refractivity contribution in [1.29, 1.82) is 0 Å². The van der Waals surface area contributed by atoms with Crippen LogP contribution in [0.1, 0.15) is 36.8 Å². The van der Waals surface area contributed by atoms with Crippen molar-refractivity contribution in [3.63, 3.8) is 0 Å². The predicted molar refractivity (Wildman–Crippen MR) is 130 cm³/mol. The molecule has 2 amide bonds. The fourth-order valence-corrected chi connectivity index (χ4v) is 4.77. The quantitative estimate of drug-likeness (QED) is 0.501. The molecular formula is C27H30N2O6. The standard InChI is InChI=1S/C27H30N2O6/c1-16(34-2)24(25(30)28-18-9-7-8-17(14-18)26(31)32)29-27(33)35-15-23-21-12-5-3-10-19(21)20-11-4-6-13-22(20)23/h3-7,9-13,16-18,23-24H,8,14-15H2,1-2H3,(H,28,30)(H,29,33)(H,31,32)/t16-,17-,18-,24+/m1/s1. The number of fused-ring (bicyclic) bond motifs is 3. The number of aliphatic carboxylic acids is 1. The molecule has 0 saturated carbocycles. The Morgan fingerprint density at radius 2 is 1.69 bits per heavy atom. The van der Waals surface area contributed by atoms with Crippen molar-refractivity contribution < 1.29 is 29.0 Å². The number of benzene rings is 2. The van der Waals surface area contributed by atoms with Gasteiger partial charge in [0.25, 0.3) is 0 Å². The molecule has 0 unspecified atom stereocenters. The van der Waals surface area contributed by atoms with Gasteiger partial charge in [-0.1, -0.05) is 60.7 Å². The predicted octanol–water partition coefficient (Wildman–Crippen LogP) is 3.46. The second kappa shape index (κ2) is 10.7. The van der Waals surface area contributed by atoms with Crippen LogP contribution in [0, 0.1) is 5.92 Å². The number of hydrogen-bond acceptors (Lipinski definition) is 5. The summed E-state index contributed by atoms with van der Waals surface area (Å²) >= 11 is 0. The Morgan fingerprint density at radius 1 is 1.06 bits per heavy atom. The second-order valence-corrected chi connectivity index (χ2v) is 8.94. The molecule has 0 bridgehead atoms. The van der Waals surface area contributed by atoms with Crippen molar-refractivity contribution in [2.24, 2.45) is 5.92 Å². The summed E-state index contributed by atoms with van der Waals surface area (Å²) in [6.45, 7) is 1.80. The topological polar surface area (TPSA) is 114 Å². The first kappa shape index (κ1) is 24.5. The minimum atomic E-state index is -1.01. The molecule has 2 aromatic carbocycles. The number of carbonyl (C=O) groups excluding carboxylic acids is 2. The van der Waals surface area contributed by atoms with Crippen molar-refractivity contribution in [3.8, 4) is 11.1 Å². The van der Waals surface area contributed by atoms with Gasteiger partial charge in [0.15, 0.2) is 0 Å². The Hall–Kier alpha value is -3.65. The van der Waals surface area contributed by atoms with E-state index in [-0.39, 0.29) is 18.9 Å². The molecule has 0 radical (unpaired) electrons. The van der Waals surface area contributed by atoms with Gasteiger partial charge in [-0.15, -0.1) is 0 Å². The van der Waals surface area contributed by atoms with E-state index in [4.69, 9.17) is 9.47 Å². The number of carbonyl (C=O) groups is 3. The summed E-state index contributed by atoms with van der Waals surface area (Å²) in [7, 11) is 1.45. The third kappa shape index (κ3) is 5.38. The summed E-state index contributed by atoms with van der Waals surface area (Å²) in [5.41, 5.74) is 4.45. The van der Waals surface area contributed by atoms with E-state index >= 15 is 0 Å². The first-order valence-corrected chi connectivity index (χ1v) is 11.7. The highest BCUT2D eigenvalue weighted by molar-refractivity contribution is 5.87. The van der Waals surface area contributed by atoms with Crippen molar-refractivity contribution in [2.45, 2.75) is 43.9 Å². The number of allylic oxidation sites excluding steroid dienone is 1. The lowest BCUT2D eigenvalue weighted by Crippen LogP contribution is -2.55. The lowest BCUT2D eigenvalue weighted by Gasteiger charge is -2.27. The first-order chi connectivity index (χ1) is 16.9.